The average Bonchev–Trinajstić information content (AvgIpc) is 2.70. The Labute approximate surface area is 191 Å². The van der Waals surface area contributed by atoms with Crippen molar-refractivity contribution in [2.45, 2.75) is 71.4 Å². The fourth-order valence-electron chi connectivity index (χ4n) is 3.40. The molecule has 0 radical (unpaired) electrons. The van der Waals surface area contributed by atoms with Crippen LogP contribution in [0.2, 0.25) is 0 Å². The summed E-state index contributed by atoms with van der Waals surface area (Å²) in [6.45, 7) is 12.4. The molecule has 1 atom stereocenters. The van der Waals surface area contributed by atoms with Crippen LogP contribution >= 0.6 is 0 Å². The van der Waals surface area contributed by atoms with E-state index < -0.39 is 12.2 Å². The molecule has 3 N–H and O–H groups in total. The minimum absolute atomic E-state index is 0.147. The van der Waals surface area contributed by atoms with Gasteiger partial charge in [-0.25, -0.2) is 4.79 Å². The summed E-state index contributed by atoms with van der Waals surface area (Å²) in [5, 5.41) is 24.4. The molecule has 0 bridgehead atoms. The fraction of sp³-hybridized carbons (Fsp3) is 0.500. The molecule has 2 rings (SSSR count). The maximum Gasteiger partial charge on any atom is 0.343 e. The molecule has 0 aliphatic rings. The largest absolute Gasteiger partial charge is 0.507 e. The zero-order chi connectivity index (χ0) is 24.1. The standard InChI is InChI=1S/C26H37NO5/c1-25(2,3)20-14-17(15-21(24(20)30)26(4,5)6)8-13-22(28)27-18-9-11-19(12-10-18)32-16-23(29)31-7/h9-12,14-15,22,27-28,30H,8,13,16H2,1-7H3. The number of phenols is 1. The Bertz CT molecular complexity index is 872. The van der Waals surface area contributed by atoms with Crippen LogP contribution < -0.4 is 10.1 Å². The second-order valence-electron chi connectivity index (χ2n) is 10.1. The van der Waals surface area contributed by atoms with Gasteiger partial charge < -0.3 is 25.0 Å². The molecule has 0 aliphatic carbocycles. The lowest BCUT2D eigenvalue weighted by molar-refractivity contribution is -0.142. The summed E-state index contributed by atoms with van der Waals surface area (Å²) < 4.78 is 9.87. The van der Waals surface area contributed by atoms with Gasteiger partial charge in [-0.15, -0.1) is 0 Å². The lowest BCUT2D eigenvalue weighted by Gasteiger charge is -2.28. The van der Waals surface area contributed by atoms with Crippen molar-refractivity contribution in [3.63, 3.8) is 0 Å². The molecule has 2 aromatic carbocycles. The first kappa shape index (κ1) is 25.5. The van der Waals surface area contributed by atoms with Crippen molar-refractivity contribution in [1.82, 2.24) is 0 Å². The van der Waals surface area contributed by atoms with E-state index in [-0.39, 0.29) is 17.4 Å². The quantitative estimate of drug-likeness (QED) is 0.397. The number of nitrogens with one attached hydrogen (secondary N) is 1. The number of hydrogen-bond donors (Lipinski definition) is 3. The van der Waals surface area contributed by atoms with Crippen LogP contribution in [0.25, 0.3) is 0 Å². The molecule has 176 valence electrons. The molecule has 0 aromatic heterocycles. The molecular formula is C26H37NO5. The van der Waals surface area contributed by atoms with E-state index in [2.05, 4.69) is 51.6 Å². The Kier molecular flexibility index (Phi) is 8.18. The van der Waals surface area contributed by atoms with Gasteiger partial charge in [0.2, 0.25) is 0 Å². The zero-order valence-corrected chi connectivity index (χ0v) is 20.3. The molecule has 0 spiro atoms. The minimum Gasteiger partial charge on any atom is -0.507 e. The Morgan fingerprint density at radius 1 is 1.00 bits per heavy atom. The third-order valence-corrected chi connectivity index (χ3v) is 5.26. The number of aryl methyl sites for hydroxylation is 1. The van der Waals surface area contributed by atoms with Crippen molar-refractivity contribution in [3.05, 3.63) is 53.1 Å². The van der Waals surface area contributed by atoms with Gasteiger partial charge in [0.05, 0.1) is 7.11 Å². The Morgan fingerprint density at radius 3 is 2.00 bits per heavy atom. The molecule has 0 amide bonds. The third kappa shape index (κ3) is 7.16. The number of anilines is 1. The van der Waals surface area contributed by atoms with Crippen molar-refractivity contribution in [3.8, 4) is 11.5 Å². The van der Waals surface area contributed by atoms with Gasteiger partial charge in [-0.1, -0.05) is 53.7 Å². The van der Waals surface area contributed by atoms with Gasteiger partial charge in [0.25, 0.3) is 0 Å². The van der Waals surface area contributed by atoms with Crippen LogP contribution in [0.5, 0.6) is 11.5 Å². The number of aromatic hydroxyl groups is 1. The zero-order valence-electron chi connectivity index (χ0n) is 20.3. The summed E-state index contributed by atoms with van der Waals surface area (Å²) >= 11 is 0. The number of aliphatic hydroxyl groups is 1. The highest BCUT2D eigenvalue weighted by atomic mass is 16.6. The van der Waals surface area contributed by atoms with Crippen molar-refractivity contribution in [1.29, 1.82) is 0 Å². The molecule has 0 heterocycles. The van der Waals surface area contributed by atoms with Crippen molar-refractivity contribution >= 4 is 11.7 Å². The maximum atomic E-state index is 11.2. The highest BCUT2D eigenvalue weighted by Crippen LogP contribution is 2.40. The summed E-state index contributed by atoms with van der Waals surface area (Å²) in [5.41, 5.74) is 3.31. The van der Waals surface area contributed by atoms with E-state index >= 15 is 0 Å². The number of phenolic OH excluding ortho intramolecular Hbond substituents is 1. The van der Waals surface area contributed by atoms with Crippen LogP contribution in [0.15, 0.2) is 36.4 Å². The molecule has 0 saturated carbocycles. The van der Waals surface area contributed by atoms with E-state index in [0.717, 1.165) is 22.4 Å². The lowest BCUT2D eigenvalue weighted by atomic mass is 9.78. The minimum atomic E-state index is -0.734. The predicted octanol–water partition coefficient (Wildman–Crippen LogP) is 4.90. The number of hydrogen-bond acceptors (Lipinski definition) is 6. The SMILES string of the molecule is COC(=O)COc1ccc(NC(O)CCc2cc(C(C)(C)C)c(O)c(C(C)(C)C)c2)cc1. The summed E-state index contributed by atoms with van der Waals surface area (Å²) in [5.74, 6) is 0.465. The number of carbonyl (C=O) groups excluding carboxylic acids is 1. The van der Waals surface area contributed by atoms with Crippen molar-refractivity contribution < 1.29 is 24.5 Å². The Balaban J connectivity index is 2.04. The highest BCUT2D eigenvalue weighted by Gasteiger charge is 2.26. The van der Waals surface area contributed by atoms with Crippen LogP contribution in [-0.2, 0) is 26.8 Å². The van der Waals surface area contributed by atoms with E-state index in [1.807, 2.05) is 12.1 Å². The summed E-state index contributed by atoms with van der Waals surface area (Å²) in [6.07, 6.45) is 0.446. The smallest absolute Gasteiger partial charge is 0.343 e. The molecule has 1 unspecified atom stereocenters. The topological polar surface area (TPSA) is 88.0 Å². The molecule has 32 heavy (non-hydrogen) atoms. The molecule has 0 aliphatic heterocycles. The molecule has 2 aromatic rings. The van der Waals surface area contributed by atoms with E-state index in [1.54, 1.807) is 24.3 Å². The van der Waals surface area contributed by atoms with Gasteiger partial charge in [-0.2, -0.15) is 0 Å². The van der Waals surface area contributed by atoms with Crippen LogP contribution in [0.1, 0.15) is 64.7 Å². The first-order valence-corrected chi connectivity index (χ1v) is 10.9. The monoisotopic (exact) mass is 443 g/mol. The first-order valence-electron chi connectivity index (χ1n) is 10.9. The van der Waals surface area contributed by atoms with Crippen LogP contribution in [0.4, 0.5) is 5.69 Å². The van der Waals surface area contributed by atoms with E-state index in [4.69, 9.17) is 4.74 Å². The number of rotatable bonds is 8. The van der Waals surface area contributed by atoms with E-state index in [0.29, 0.717) is 24.3 Å². The van der Waals surface area contributed by atoms with E-state index in [9.17, 15) is 15.0 Å². The highest BCUT2D eigenvalue weighted by molar-refractivity contribution is 5.70. The summed E-state index contributed by atoms with van der Waals surface area (Å²) in [6, 6.07) is 11.1. The van der Waals surface area contributed by atoms with Crippen molar-refractivity contribution in [2.24, 2.45) is 0 Å². The summed E-state index contributed by atoms with van der Waals surface area (Å²) in [4.78, 5) is 11.2. The van der Waals surface area contributed by atoms with Crippen LogP contribution in [-0.4, -0.2) is 36.1 Å². The molecule has 6 nitrogen and oxygen atoms in total. The first-order chi connectivity index (χ1) is 14.8. The number of benzene rings is 2. The lowest BCUT2D eigenvalue weighted by Crippen LogP contribution is -2.20. The van der Waals surface area contributed by atoms with Crippen molar-refractivity contribution in [2.75, 3.05) is 19.0 Å². The van der Waals surface area contributed by atoms with Gasteiger partial charge >= 0.3 is 5.97 Å². The number of ether oxygens (including phenoxy) is 2. The van der Waals surface area contributed by atoms with Gasteiger partial charge in [0, 0.05) is 5.69 Å². The number of esters is 1. The average molecular weight is 444 g/mol. The molecule has 0 saturated heterocycles. The molecule has 0 fully saturated rings. The summed E-state index contributed by atoms with van der Waals surface area (Å²) in [7, 11) is 1.31. The number of methoxy groups -OCH3 is 1. The number of carbonyl (C=O) groups is 1. The van der Waals surface area contributed by atoms with Gasteiger partial charge in [0.15, 0.2) is 6.61 Å². The van der Waals surface area contributed by atoms with Crippen LogP contribution in [0, 0.1) is 0 Å². The predicted molar refractivity (Wildman–Crippen MR) is 127 cm³/mol. The van der Waals surface area contributed by atoms with Crippen LogP contribution in [0.3, 0.4) is 0 Å². The van der Waals surface area contributed by atoms with E-state index in [1.165, 1.54) is 7.11 Å². The number of aliphatic hydroxyl groups excluding tert-OH is 1. The van der Waals surface area contributed by atoms with Gasteiger partial charge in [-0.3, -0.25) is 0 Å². The normalized spacial score (nSPS) is 12.9. The van der Waals surface area contributed by atoms with Gasteiger partial charge in [0.1, 0.15) is 17.7 Å². The second kappa shape index (κ2) is 10.3. The maximum absolute atomic E-state index is 11.2. The molecular weight excluding hydrogens is 406 g/mol. The third-order valence-electron chi connectivity index (χ3n) is 5.26. The second-order valence-corrected chi connectivity index (χ2v) is 10.1. The fourth-order valence-corrected chi connectivity index (χ4v) is 3.40. The Morgan fingerprint density at radius 2 is 1.53 bits per heavy atom. The molecule has 6 heteroatoms. The Hall–Kier alpha value is -2.73. The van der Waals surface area contributed by atoms with Gasteiger partial charge in [-0.05, 0) is 64.6 Å².